The van der Waals surface area contributed by atoms with Gasteiger partial charge in [0.05, 0.1) is 5.02 Å². The fourth-order valence-electron chi connectivity index (χ4n) is 1.72. The molecule has 0 amide bonds. The van der Waals surface area contributed by atoms with Gasteiger partial charge in [-0.15, -0.1) is 0 Å². The van der Waals surface area contributed by atoms with E-state index < -0.39 is 5.82 Å². The highest BCUT2D eigenvalue weighted by Gasteiger charge is 2.05. The molecular formula is C16H12ClFO. The van der Waals surface area contributed by atoms with E-state index in [1.807, 2.05) is 19.1 Å². The van der Waals surface area contributed by atoms with Crippen LogP contribution in [0.4, 0.5) is 4.39 Å². The Kier molecular flexibility index (Phi) is 4.13. The molecule has 2 rings (SSSR count). The van der Waals surface area contributed by atoms with Crippen molar-refractivity contribution in [3.05, 3.63) is 76.1 Å². The average molecular weight is 275 g/mol. The first kappa shape index (κ1) is 13.5. The number of allylic oxidation sites excluding steroid dienone is 1. The summed E-state index contributed by atoms with van der Waals surface area (Å²) in [5.41, 5.74) is 1.80. The maximum atomic E-state index is 13.5. The van der Waals surface area contributed by atoms with Crippen LogP contribution in [0.15, 0.2) is 48.5 Å². The van der Waals surface area contributed by atoms with Crippen molar-refractivity contribution in [1.29, 1.82) is 0 Å². The summed E-state index contributed by atoms with van der Waals surface area (Å²) in [7, 11) is 0. The molecule has 0 bridgehead atoms. The minimum Gasteiger partial charge on any atom is -0.289 e. The second kappa shape index (κ2) is 5.81. The van der Waals surface area contributed by atoms with Gasteiger partial charge in [0.1, 0.15) is 5.82 Å². The highest BCUT2D eigenvalue weighted by Crippen LogP contribution is 2.20. The second-order valence-electron chi connectivity index (χ2n) is 4.20. The van der Waals surface area contributed by atoms with Gasteiger partial charge in [-0.1, -0.05) is 41.4 Å². The third-order valence-corrected chi connectivity index (χ3v) is 3.03. The van der Waals surface area contributed by atoms with Gasteiger partial charge in [0.2, 0.25) is 0 Å². The largest absolute Gasteiger partial charge is 0.289 e. The summed E-state index contributed by atoms with van der Waals surface area (Å²) in [6, 6.07) is 11.7. The molecule has 0 saturated carbocycles. The number of halogens is 2. The number of hydrogen-bond acceptors (Lipinski definition) is 1. The molecule has 0 aliphatic carbocycles. The van der Waals surface area contributed by atoms with Gasteiger partial charge in [0.25, 0.3) is 0 Å². The Hall–Kier alpha value is -1.93. The standard InChI is InChI=1S/C16H12ClFO/c1-11-4-2-5-12(10-11)16(19)9-8-13-14(17)6-3-7-15(13)18/h2-10H,1H3. The Labute approximate surface area is 116 Å². The molecule has 1 nitrogen and oxygen atoms in total. The predicted octanol–water partition coefficient (Wildman–Crippen LogP) is 4.68. The fraction of sp³-hybridized carbons (Fsp3) is 0.0625. The third kappa shape index (κ3) is 3.30. The summed E-state index contributed by atoms with van der Waals surface area (Å²) in [4.78, 5) is 11.9. The summed E-state index contributed by atoms with van der Waals surface area (Å²) in [6.45, 7) is 1.91. The van der Waals surface area contributed by atoms with Crippen molar-refractivity contribution < 1.29 is 9.18 Å². The van der Waals surface area contributed by atoms with E-state index in [1.165, 1.54) is 24.3 Å². The van der Waals surface area contributed by atoms with Crippen molar-refractivity contribution >= 4 is 23.5 Å². The first-order chi connectivity index (χ1) is 9.08. The van der Waals surface area contributed by atoms with E-state index in [-0.39, 0.29) is 16.4 Å². The molecule has 0 heterocycles. The molecule has 0 aliphatic heterocycles. The maximum absolute atomic E-state index is 13.5. The lowest BCUT2D eigenvalue weighted by atomic mass is 10.1. The molecule has 3 heteroatoms. The van der Waals surface area contributed by atoms with E-state index in [1.54, 1.807) is 18.2 Å². The van der Waals surface area contributed by atoms with Gasteiger partial charge in [0, 0.05) is 11.1 Å². The van der Waals surface area contributed by atoms with Crippen molar-refractivity contribution in [2.75, 3.05) is 0 Å². The second-order valence-corrected chi connectivity index (χ2v) is 4.61. The van der Waals surface area contributed by atoms with Crippen molar-refractivity contribution in [1.82, 2.24) is 0 Å². The van der Waals surface area contributed by atoms with Crippen molar-refractivity contribution in [3.8, 4) is 0 Å². The Morgan fingerprint density at radius 2 is 1.95 bits per heavy atom. The van der Waals surface area contributed by atoms with Crippen molar-refractivity contribution in [2.45, 2.75) is 6.92 Å². The van der Waals surface area contributed by atoms with Gasteiger partial charge in [0.15, 0.2) is 5.78 Å². The quantitative estimate of drug-likeness (QED) is 0.586. The Morgan fingerprint density at radius 1 is 1.21 bits per heavy atom. The lowest BCUT2D eigenvalue weighted by Crippen LogP contribution is -1.94. The fourth-order valence-corrected chi connectivity index (χ4v) is 1.95. The Morgan fingerprint density at radius 3 is 2.63 bits per heavy atom. The van der Waals surface area contributed by atoms with Crippen LogP contribution in [-0.4, -0.2) is 5.78 Å². The summed E-state index contributed by atoms with van der Waals surface area (Å²) >= 11 is 5.88. The van der Waals surface area contributed by atoms with Crippen LogP contribution in [-0.2, 0) is 0 Å². The van der Waals surface area contributed by atoms with Crippen molar-refractivity contribution in [3.63, 3.8) is 0 Å². The number of carbonyl (C=O) groups is 1. The first-order valence-electron chi connectivity index (χ1n) is 5.81. The van der Waals surface area contributed by atoms with Crippen LogP contribution < -0.4 is 0 Å². The van der Waals surface area contributed by atoms with E-state index in [2.05, 4.69) is 0 Å². The van der Waals surface area contributed by atoms with E-state index in [0.29, 0.717) is 5.56 Å². The molecule has 0 radical (unpaired) electrons. The Balaban J connectivity index is 2.26. The molecule has 0 spiro atoms. The van der Waals surface area contributed by atoms with Gasteiger partial charge in [-0.25, -0.2) is 4.39 Å². The van der Waals surface area contributed by atoms with Crippen LogP contribution in [0, 0.1) is 12.7 Å². The van der Waals surface area contributed by atoms with Crippen LogP contribution in [0.25, 0.3) is 6.08 Å². The summed E-state index contributed by atoms with van der Waals surface area (Å²) in [5, 5.41) is 0.285. The zero-order valence-corrected chi connectivity index (χ0v) is 11.1. The molecule has 0 aromatic heterocycles. The number of rotatable bonds is 3. The third-order valence-electron chi connectivity index (χ3n) is 2.70. The highest BCUT2D eigenvalue weighted by atomic mass is 35.5. The Bertz CT molecular complexity index is 627. The average Bonchev–Trinajstić information content (AvgIpc) is 2.38. The maximum Gasteiger partial charge on any atom is 0.185 e. The van der Waals surface area contributed by atoms with Crippen LogP contribution in [0.3, 0.4) is 0 Å². The minimum atomic E-state index is -0.444. The zero-order chi connectivity index (χ0) is 13.8. The lowest BCUT2D eigenvalue weighted by molar-refractivity contribution is 0.104. The van der Waals surface area contributed by atoms with Crippen LogP contribution >= 0.6 is 11.6 Å². The zero-order valence-electron chi connectivity index (χ0n) is 10.4. The minimum absolute atomic E-state index is 0.178. The van der Waals surface area contributed by atoms with Gasteiger partial charge >= 0.3 is 0 Å². The molecule has 0 N–H and O–H groups in total. The van der Waals surface area contributed by atoms with Gasteiger partial charge in [-0.05, 0) is 37.3 Å². The molecule has 0 atom stereocenters. The smallest absolute Gasteiger partial charge is 0.185 e. The molecule has 0 unspecified atom stereocenters. The molecule has 2 aromatic carbocycles. The molecule has 0 aliphatic rings. The molecular weight excluding hydrogens is 263 g/mol. The number of ketones is 1. The SMILES string of the molecule is Cc1cccc(C(=O)C=Cc2c(F)cccc2Cl)c1. The van der Waals surface area contributed by atoms with Crippen LogP contribution in [0.2, 0.25) is 5.02 Å². The monoisotopic (exact) mass is 274 g/mol. The first-order valence-corrected chi connectivity index (χ1v) is 6.19. The van der Waals surface area contributed by atoms with Crippen LogP contribution in [0.5, 0.6) is 0 Å². The van der Waals surface area contributed by atoms with E-state index in [0.717, 1.165) is 5.56 Å². The number of hydrogen-bond donors (Lipinski definition) is 0. The molecule has 0 saturated heterocycles. The van der Waals surface area contributed by atoms with Crippen LogP contribution in [0.1, 0.15) is 21.5 Å². The molecule has 96 valence electrons. The van der Waals surface area contributed by atoms with Gasteiger partial charge < -0.3 is 0 Å². The topological polar surface area (TPSA) is 17.1 Å². The summed E-state index contributed by atoms with van der Waals surface area (Å²) in [5.74, 6) is -0.621. The molecule has 19 heavy (non-hydrogen) atoms. The van der Waals surface area contributed by atoms with E-state index in [4.69, 9.17) is 11.6 Å². The van der Waals surface area contributed by atoms with Crippen molar-refractivity contribution in [2.24, 2.45) is 0 Å². The summed E-state index contributed by atoms with van der Waals surface area (Å²) in [6.07, 6.45) is 2.74. The predicted molar refractivity (Wildman–Crippen MR) is 76.0 cm³/mol. The molecule has 2 aromatic rings. The number of carbonyl (C=O) groups excluding carboxylic acids is 1. The summed E-state index contributed by atoms with van der Waals surface area (Å²) < 4.78 is 13.5. The normalized spacial score (nSPS) is 10.9. The highest BCUT2D eigenvalue weighted by molar-refractivity contribution is 6.32. The van der Waals surface area contributed by atoms with Gasteiger partial charge in [-0.2, -0.15) is 0 Å². The molecule has 0 fully saturated rings. The van der Waals surface area contributed by atoms with Gasteiger partial charge in [-0.3, -0.25) is 4.79 Å². The van der Waals surface area contributed by atoms with E-state index in [9.17, 15) is 9.18 Å². The number of benzene rings is 2. The lowest BCUT2D eigenvalue weighted by Gasteiger charge is -2.00. The number of aryl methyl sites for hydroxylation is 1. The van der Waals surface area contributed by atoms with E-state index >= 15 is 0 Å².